The largest absolute Gasteiger partial charge is 0.507 e. The second-order valence-electron chi connectivity index (χ2n) is 8.37. The average molecular weight is 489 g/mol. The van der Waals surface area contributed by atoms with Crippen LogP contribution in [-0.2, 0) is 9.59 Å². The molecular weight excluding hydrogens is 467 g/mol. The van der Waals surface area contributed by atoms with Gasteiger partial charge in [0.2, 0.25) is 0 Å². The SMILES string of the molecule is COc1ccc(C(O)=C2C(=O)C(=O)N(c3nc4ccc(C)cc4s3)[C@@H]2c2ccc(F)cc2)cc1C. The number of rotatable bonds is 4. The molecule has 0 saturated carbocycles. The number of benzene rings is 3. The molecule has 3 aromatic carbocycles. The second-order valence-corrected chi connectivity index (χ2v) is 9.38. The molecule has 1 fully saturated rings. The minimum absolute atomic E-state index is 0.0818. The summed E-state index contributed by atoms with van der Waals surface area (Å²) in [6.07, 6.45) is 0. The van der Waals surface area contributed by atoms with Gasteiger partial charge in [-0.3, -0.25) is 14.5 Å². The van der Waals surface area contributed by atoms with Crippen molar-refractivity contribution in [3.8, 4) is 5.75 Å². The number of methoxy groups -OCH3 is 1. The van der Waals surface area contributed by atoms with Crippen LogP contribution in [0.25, 0.3) is 16.0 Å². The second kappa shape index (κ2) is 8.63. The molecule has 0 bridgehead atoms. The van der Waals surface area contributed by atoms with Crippen LogP contribution in [0.2, 0.25) is 0 Å². The predicted molar refractivity (Wildman–Crippen MR) is 133 cm³/mol. The van der Waals surface area contributed by atoms with Crippen LogP contribution in [0, 0.1) is 19.7 Å². The third-order valence-corrected chi connectivity index (χ3v) is 7.05. The van der Waals surface area contributed by atoms with Crippen molar-refractivity contribution in [1.82, 2.24) is 4.98 Å². The highest BCUT2D eigenvalue weighted by molar-refractivity contribution is 7.22. The Morgan fingerprint density at radius 1 is 1.06 bits per heavy atom. The molecule has 176 valence electrons. The molecule has 1 aliphatic heterocycles. The molecule has 1 aromatic heterocycles. The molecule has 8 heteroatoms. The molecule has 1 aliphatic rings. The molecule has 6 nitrogen and oxygen atoms in total. The van der Waals surface area contributed by atoms with Crippen LogP contribution in [0.1, 0.15) is 28.3 Å². The van der Waals surface area contributed by atoms with Gasteiger partial charge in [0.1, 0.15) is 17.3 Å². The first-order chi connectivity index (χ1) is 16.8. The number of thiazole rings is 1. The maximum atomic E-state index is 13.7. The number of Topliss-reactive ketones (excluding diaryl/α,β-unsaturated/α-hetero) is 1. The molecule has 1 N–H and O–H groups in total. The van der Waals surface area contributed by atoms with Crippen LogP contribution in [0.4, 0.5) is 9.52 Å². The maximum absolute atomic E-state index is 13.7. The Balaban J connectivity index is 1.72. The number of nitrogens with zero attached hydrogens (tertiary/aromatic N) is 2. The van der Waals surface area contributed by atoms with Crippen molar-refractivity contribution < 1.29 is 23.8 Å². The Kier molecular flexibility index (Phi) is 5.61. The third kappa shape index (κ3) is 3.85. The van der Waals surface area contributed by atoms with Crippen molar-refractivity contribution in [1.29, 1.82) is 0 Å². The van der Waals surface area contributed by atoms with Crippen molar-refractivity contribution >= 4 is 44.1 Å². The van der Waals surface area contributed by atoms with E-state index in [0.29, 0.717) is 27.5 Å². The molecule has 0 aliphatic carbocycles. The lowest BCUT2D eigenvalue weighted by molar-refractivity contribution is -0.132. The van der Waals surface area contributed by atoms with E-state index >= 15 is 0 Å². The summed E-state index contributed by atoms with van der Waals surface area (Å²) in [7, 11) is 1.54. The number of aromatic nitrogens is 1. The lowest BCUT2D eigenvalue weighted by Gasteiger charge is -2.23. The van der Waals surface area contributed by atoms with Crippen LogP contribution in [0.5, 0.6) is 5.75 Å². The molecule has 1 atom stereocenters. The summed E-state index contributed by atoms with van der Waals surface area (Å²) in [4.78, 5) is 32.5. The van der Waals surface area contributed by atoms with Gasteiger partial charge in [0, 0.05) is 5.56 Å². The lowest BCUT2D eigenvalue weighted by atomic mass is 9.95. The molecule has 0 spiro atoms. The van der Waals surface area contributed by atoms with Crippen LogP contribution in [-0.4, -0.2) is 28.9 Å². The monoisotopic (exact) mass is 488 g/mol. The first-order valence-electron chi connectivity index (χ1n) is 10.9. The molecule has 0 unspecified atom stereocenters. The molecule has 2 heterocycles. The van der Waals surface area contributed by atoms with E-state index in [0.717, 1.165) is 15.8 Å². The van der Waals surface area contributed by atoms with Gasteiger partial charge in [-0.05, 0) is 73.0 Å². The van der Waals surface area contributed by atoms with Gasteiger partial charge in [-0.1, -0.05) is 29.5 Å². The summed E-state index contributed by atoms with van der Waals surface area (Å²) >= 11 is 1.28. The van der Waals surface area contributed by atoms with Crippen molar-refractivity contribution in [2.75, 3.05) is 12.0 Å². The highest BCUT2D eigenvalue weighted by atomic mass is 32.1. The number of fused-ring (bicyclic) bond motifs is 1. The Labute approximate surface area is 204 Å². The Morgan fingerprint density at radius 2 is 1.80 bits per heavy atom. The maximum Gasteiger partial charge on any atom is 0.301 e. The van der Waals surface area contributed by atoms with Gasteiger partial charge >= 0.3 is 5.91 Å². The highest BCUT2D eigenvalue weighted by Gasteiger charge is 2.48. The van der Waals surface area contributed by atoms with E-state index < -0.39 is 23.5 Å². The van der Waals surface area contributed by atoms with Gasteiger partial charge in [0.15, 0.2) is 5.13 Å². The average Bonchev–Trinajstić information content (AvgIpc) is 3.37. The van der Waals surface area contributed by atoms with E-state index in [1.54, 1.807) is 25.3 Å². The van der Waals surface area contributed by atoms with E-state index in [4.69, 9.17) is 4.74 Å². The summed E-state index contributed by atoms with van der Waals surface area (Å²) in [6, 6.07) is 15.3. The number of aryl methyl sites for hydroxylation is 2. The number of ketones is 1. The normalized spacial score (nSPS) is 17.4. The zero-order valence-electron chi connectivity index (χ0n) is 19.2. The fraction of sp³-hybridized carbons (Fsp3) is 0.148. The van der Waals surface area contributed by atoms with E-state index in [-0.39, 0.29) is 11.3 Å². The van der Waals surface area contributed by atoms with Crippen molar-refractivity contribution in [2.24, 2.45) is 0 Å². The zero-order chi connectivity index (χ0) is 24.9. The summed E-state index contributed by atoms with van der Waals surface area (Å²) in [6.45, 7) is 3.77. The van der Waals surface area contributed by atoms with Gasteiger partial charge < -0.3 is 9.84 Å². The number of aliphatic hydroxyl groups excluding tert-OH is 1. The van der Waals surface area contributed by atoms with Gasteiger partial charge in [0.05, 0.1) is 28.9 Å². The Bertz CT molecular complexity index is 1520. The lowest BCUT2D eigenvalue weighted by Crippen LogP contribution is -2.29. The number of hydrogen-bond donors (Lipinski definition) is 1. The summed E-state index contributed by atoms with van der Waals surface area (Å²) in [5.41, 5.74) is 3.26. The topological polar surface area (TPSA) is 79.7 Å². The zero-order valence-corrected chi connectivity index (χ0v) is 20.0. The Morgan fingerprint density at radius 3 is 2.49 bits per heavy atom. The predicted octanol–water partition coefficient (Wildman–Crippen LogP) is 5.69. The number of anilines is 1. The fourth-order valence-electron chi connectivity index (χ4n) is 4.29. The number of halogens is 1. The number of aliphatic hydroxyl groups is 1. The van der Waals surface area contributed by atoms with Gasteiger partial charge in [-0.25, -0.2) is 9.37 Å². The van der Waals surface area contributed by atoms with Crippen LogP contribution >= 0.6 is 11.3 Å². The first-order valence-corrected chi connectivity index (χ1v) is 11.7. The van der Waals surface area contributed by atoms with Crippen molar-refractivity contribution in [3.63, 3.8) is 0 Å². The summed E-state index contributed by atoms with van der Waals surface area (Å²) in [5, 5.41) is 11.6. The number of carbonyl (C=O) groups is 2. The summed E-state index contributed by atoms with van der Waals surface area (Å²) in [5.74, 6) is -1.78. The van der Waals surface area contributed by atoms with Crippen LogP contribution in [0.15, 0.2) is 66.2 Å². The first kappa shape index (κ1) is 22.7. The number of amides is 1. The van der Waals surface area contributed by atoms with Crippen molar-refractivity contribution in [3.05, 3.63) is 94.3 Å². The van der Waals surface area contributed by atoms with Crippen molar-refractivity contribution in [2.45, 2.75) is 19.9 Å². The quantitative estimate of drug-likeness (QED) is 0.227. The minimum atomic E-state index is -0.973. The number of carbonyl (C=O) groups excluding carboxylic acids is 2. The smallest absolute Gasteiger partial charge is 0.301 e. The molecule has 35 heavy (non-hydrogen) atoms. The highest BCUT2D eigenvalue weighted by Crippen LogP contribution is 2.44. The van der Waals surface area contributed by atoms with E-state index in [1.807, 2.05) is 32.0 Å². The van der Waals surface area contributed by atoms with Gasteiger partial charge in [-0.2, -0.15) is 0 Å². The van der Waals surface area contributed by atoms with E-state index in [2.05, 4.69) is 4.98 Å². The number of hydrogen-bond acceptors (Lipinski definition) is 6. The van der Waals surface area contributed by atoms with Crippen LogP contribution in [0.3, 0.4) is 0 Å². The molecular formula is C27H21FN2O4S. The fourth-order valence-corrected chi connectivity index (χ4v) is 5.38. The molecule has 1 saturated heterocycles. The van der Waals surface area contributed by atoms with Crippen LogP contribution < -0.4 is 9.64 Å². The Hall–Kier alpha value is -4.04. The molecule has 0 radical (unpaired) electrons. The third-order valence-electron chi connectivity index (χ3n) is 6.04. The molecule has 4 aromatic rings. The standard InChI is InChI=1S/C27H21FN2O4S/c1-14-4-10-19-21(12-14)35-27(29-19)30-23(16-5-8-18(28)9-6-16)22(25(32)26(30)33)24(31)17-7-11-20(34-3)15(2)13-17/h4-13,23,31H,1-3H3/t23-/m1/s1. The van der Waals surface area contributed by atoms with Gasteiger partial charge in [0.25, 0.3) is 5.78 Å². The van der Waals surface area contributed by atoms with Gasteiger partial charge in [-0.15, -0.1) is 0 Å². The van der Waals surface area contributed by atoms with E-state index in [9.17, 15) is 19.1 Å². The number of ether oxygens (including phenoxy) is 1. The molecule has 5 rings (SSSR count). The molecule has 1 amide bonds. The minimum Gasteiger partial charge on any atom is -0.507 e. The summed E-state index contributed by atoms with van der Waals surface area (Å²) < 4.78 is 19.9. The van der Waals surface area contributed by atoms with E-state index in [1.165, 1.54) is 40.5 Å².